The molecule has 0 aromatic heterocycles. The third kappa shape index (κ3) is 6.39. The molecular weight excluding hydrogens is 315 g/mol. The van der Waals surface area contributed by atoms with Gasteiger partial charge in [-0.15, -0.1) is 11.8 Å². The van der Waals surface area contributed by atoms with Crippen LogP contribution in [0.15, 0.2) is 24.3 Å². The summed E-state index contributed by atoms with van der Waals surface area (Å²) >= 11 is 0.988. The van der Waals surface area contributed by atoms with E-state index in [9.17, 15) is 19.5 Å². The van der Waals surface area contributed by atoms with E-state index in [2.05, 4.69) is 10.6 Å². The number of rotatable bonds is 6. The zero-order valence-electron chi connectivity index (χ0n) is 13.1. The number of carbonyl (C=O) groups excluding carboxylic acids is 3. The van der Waals surface area contributed by atoms with Crippen LogP contribution in [-0.2, 0) is 9.59 Å². The Hall–Kier alpha value is -1.02. The number of anilines is 1. The van der Waals surface area contributed by atoms with Crippen molar-refractivity contribution < 1.29 is 49.0 Å². The summed E-state index contributed by atoms with van der Waals surface area (Å²) in [4.78, 5) is 33.9. The molecule has 0 aliphatic carbocycles. The normalized spacial score (nSPS) is 10.3. The molecule has 1 rings (SSSR count). The van der Waals surface area contributed by atoms with Gasteiger partial charge >= 0.3 is 29.6 Å². The van der Waals surface area contributed by atoms with Crippen LogP contribution in [0.1, 0.15) is 24.2 Å². The molecule has 22 heavy (non-hydrogen) atoms. The Labute approximate surface area is 155 Å². The minimum Gasteiger partial charge on any atom is -0.549 e. The first kappa shape index (κ1) is 21.0. The van der Waals surface area contributed by atoms with Crippen LogP contribution < -0.4 is 45.3 Å². The van der Waals surface area contributed by atoms with Crippen molar-refractivity contribution in [3.05, 3.63) is 29.8 Å². The quantitative estimate of drug-likeness (QED) is 0.551. The summed E-state index contributed by atoms with van der Waals surface area (Å²) in [6, 6.07) is 6.41. The Morgan fingerprint density at radius 1 is 1.18 bits per heavy atom. The monoisotopic (exact) mass is 332 g/mol. The van der Waals surface area contributed by atoms with E-state index in [1.54, 1.807) is 38.1 Å². The van der Waals surface area contributed by atoms with Gasteiger partial charge in [-0.05, 0) is 38.1 Å². The first-order valence-corrected chi connectivity index (χ1v) is 7.22. The smallest absolute Gasteiger partial charge is 0.549 e. The predicted octanol–water partition coefficient (Wildman–Crippen LogP) is -2.75. The van der Waals surface area contributed by atoms with Gasteiger partial charge in [0.1, 0.15) is 0 Å². The van der Waals surface area contributed by atoms with Gasteiger partial charge in [0.15, 0.2) is 0 Å². The fourth-order valence-electron chi connectivity index (χ4n) is 1.44. The van der Waals surface area contributed by atoms with Gasteiger partial charge in [-0.25, -0.2) is 0 Å². The third-order valence-corrected chi connectivity index (χ3v) is 4.02. The van der Waals surface area contributed by atoms with Crippen molar-refractivity contribution >= 4 is 35.2 Å². The fraction of sp³-hybridized carbons (Fsp3) is 0.357. The van der Waals surface area contributed by atoms with Gasteiger partial charge in [0.25, 0.3) is 5.91 Å². The number of hydrogen-bond acceptors (Lipinski definition) is 5. The summed E-state index contributed by atoms with van der Waals surface area (Å²) in [6.07, 6.45) is 0. The number of benzene rings is 1. The number of carboxylic acid groups (broad SMARTS) is 1. The summed E-state index contributed by atoms with van der Waals surface area (Å²) in [5.74, 6) is -1.99. The van der Waals surface area contributed by atoms with E-state index in [1.165, 1.54) is 7.05 Å². The van der Waals surface area contributed by atoms with Crippen LogP contribution in [0.3, 0.4) is 0 Å². The summed E-state index contributed by atoms with van der Waals surface area (Å²) < 4.78 is -0.903. The van der Waals surface area contributed by atoms with Crippen molar-refractivity contribution in [2.75, 3.05) is 18.1 Å². The number of aliphatic carboxylic acids is 1. The second kappa shape index (κ2) is 9.19. The van der Waals surface area contributed by atoms with Crippen molar-refractivity contribution in [1.82, 2.24) is 5.32 Å². The van der Waals surface area contributed by atoms with E-state index in [-0.39, 0.29) is 47.1 Å². The third-order valence-electron chi connectivity index (χ3n) is 2.73. The number of nitrogens with one attached hydrogen (secondary N) is 2. The van der Waals surface area contributed by atoms with E-state index >= 15 is 0 Å². The van der Waals surface area contributed by atoms with Crippen LogP contribution in [0.25, 0.3) is 0 Å². The van der Waals surface area contributed by atoms with Crippen LogP contribution >= 0.6 is 11.8 Å². The molecule has 0 radical (unpaired) electrons. The number of amides is 2. The number of hydrogen-bond donors (Lipinski definition) is 2. The van der Waals surface area contributed by atoms with E-state index in [1.807, 2.05) is 0 Å². The van der Waals surface area contributed by atoms with Gasteiger partial charge in [-0.3, -0.25) is 9.59 Å². The van der Waals surface area contributed by atoms with E-state index < -0.39 is 10.7 Å². The standard InChI is InChI=1S/C14H18N2O4S.Na/c1-14(2,21-8-11(17)18)13(20)16-10-6-4-9(5-7-10)12(19)15-3;/h4-7H,8H2,1-3H3,(H,15,19)(H,16,20)(H,17,18);/q;+1/p-1. The molecule has 0 unspecified atom stereocenters. The van der Waals surface area contributed by atoms with Crippen molar-refractivity contribution in [2.24, 2.45) is 0 Å². The number of thioether (sulfide) groups is 1. The molecule has 0 aliphatic rings. The second-order valence-corrected chi connectivity index (χ2v) is 6.38. The SMILES string of the molecule is CNC(=O)c1ccc(NC(=O)C(C)(C)SCC(=O)[O-])cc1.[Na+]. The molecule has 0 saturated carbocycles. The summed E-state index contributed by atoms with van der Waals surface area (Å²) in [5, 5.41) is 15.6. The number of carboxylic acids is 1. The zero-order chi connectivity index (χ0) is 16.0. The molecule has 0 bridgehead atoms. The molecule has 2 N–H and O–H groups in total. The predicted molar refractivity (Wildman–Crippen MR) is 80.0 cm³/mol. The molecule has 0 aliphatic heterocycles. The van der Waals surface area contributed by atoms with E-state index in [4.69, 9.17) is 0 Å². The van der Waals surface area contributed by atoms with Crippen molar-refractivity contribution in [2.45, 2.75) is 18.6 Å². The van der Waals surface area contributed by atoms with Gasteiger partial charge in [-0.2, -0.15) is 0 Å². The van der Waals surface area contributed by atoms with Crippen molar-refractivity contribution in [1.29, 1.82) is 0 Å². The largest absolute Gasteiger partial charge is 1.00 e. The second-order valence-electron chi connectivity index (χ2n) is 4.78. The summed E-state index contributed by atoms with van der Waals surface area (Å²) in [7, 11) is 1.54. The molecule has 0 heterocycles. The topological polar surface area (TPSA) is 98.3 Å². The molecule has 1 aromatic rings. The van der Waals surface area contributed by atoms with Crippen LogP contribution in [0.5, 0.6) is 0 Å². The Balaban J connectivity index is 0.00000441. The molecular formula is C14H17N2NaO4S. The molecule has 0 fully saturated rings. The summed E-state index contributed by atoms with van der Waals surface area (Å²) in [5.41, 5.74) is 1.02. The van der Waals surface area contributed by atoms with Gasteiger partial charge in [0.2, 0.25) is 5.91 Å². The van der Waals surface area contributed by atoms with Gasteiger partial charge in [-0.1, -0.05) is 0 Å². The molecule has 114 valence electrons. The maximum atomic E-state index is 12.1. The Morgan fingerprint density at radius 3 is 2.18 bits per heavy atom. The molecule has 0 saturated heterocycles. The Morgan fingerprint density at radius 2 is 1.73 bits per heavy atom. The molecule has 0 atom stereocenters. The molecule has 0 spiro atoms. The van der Waals surface area contributed by atoms with Crippen LogP contribution in [0.2, 0.25) is 0 Å². The van der Waals surface area contributed by atoms with E-state index in [0.29, 0.717) is 11.3 Å². The van der Waals surface area contributed by atoms with Crippen LogP contribution in [0, 0.1) is 0 Å². The first-order chi connectivity index (χ1) is 9.76. The molecule has 8 heteroatoms. The van der Waals surface area contributed by atoms with Gasteiger partial charge < -0.3 is 20.5 Å². The molecule has 2 amide bonds. The average molecular weight is 332 g/mol. The first-order valence-electron chi connectivity index (χ1n) is 6.23. The minimum atomic E-state index is -1.21. The Kier molecular flexibility index (Phi) is 8.77. The number of carbonyl (C=O) groups is 3. The van der Waals surface area contributed by atoms with Gasteiger partial charge in [0, 0.05) is 24.1 Å². The zero-order valence-corrected chi connectivity index (χ0v) is 15.9. The Bertz CT molecular complexity index is 546. The van der Waals surface area contributed by atoms with Crippen molar-refractivity contribution in [3.63, 3.8) is 0 Å². The maximum absolute atomic E-state index is 12.1. The average Bonchev–Trinajstić information content (AvgIpc) is 2.45. The fourth-order valence-corrected chi connectivity index (χ4v) is 2.10. The van der Waals surface area contributed by atoms with Crippen LogP contribution in [0.4, 0.5) is 5.69 Å². The summed E-state index contributed by atoms with van der Waals surface area (Å²) in [6.45, 7) is 3.27. The van der Waals surface area contributed by atoms with Crippen LogP contribution in [-0.4, -0.2) is 35.3 Å². The van der Waals surface area contributed by atoms with Crippen molar-refractivity contribution in [3.8, 4) is 0 Å². The molecule has 6 nitrogen and oxygen atoms in total. The van der Waals surface area contributed by atoms with E-state index in [0.717, 1.165) is 11.8 Å². The van der Waals surface area contributed by atoms with Gasteiger partial charge in [0.05, 0.1) is 10.7 Å². The minimum absolute atomic E-state index is 0. The maximum Gasteiger partial charge on any atom is 1.00 e. The molecule has 1 aromatic carbocycles.